The third-order valence-corrected chi connectivity index (χ3v) is 3.57. The van der Waals surface area contributed by atoms with E-state index in [9.17, 15) is 9.59 Å². The van der Waals surface area contributed by atoms with Gasteiger partial charge < -0.3 is 15.8 Å². The van der Waals surface area contributed by atoms with Crippen LogP contribution >= 0.6 is 27.5 Å². The number of nitrogens with two attached hydrogens (primary N) is 1. The van der Waals surface area contributed by atoms with Crippen LogP contribution in [0.15, 0.2) is 34.8 Å². The number of carbonyl (C=O) groups excluding carboxylic acids is 2. The van der Waals surface area contributed by atoms with Crippen LogP contribution < -0.4 is 11.1 Å². The lowest BCUT2D eigenvalue weighted by Gasteiger charge is -2.11. The van der Waals surface area contributed by atoms with Crippen molar-refractivity contribution in [3.63, 3.8) is 0 Å². The summed E-state index contributed by atoms with van der Waals surface area (Å²) in [4.78, 5) is 23.3. The molecule has 0 unspecified atom stereocenters. The summed E-state index contributed by atoms with van der Waals surface area (Å²) in [6, 6.07) is 7.80. The van der Waals surface area contributed by atoms with E-state index in [2.05, 4.69) is 21.2 Å². The van der Waals surface area contributed by atoms with Crippen LogP contribution in [-0.4, -0.2) is 23.2 Å². The first kappa shape index (κ1) is 16.4. The maximum absolute atomic E-state index is 12.2. The number of urea groups is 1. The van der Waals surface area contributed by atoms with Gasteiger partial charge >= 0.3 is 12.0 Å². The van der Waals surface area contributed by atoms with Crippen LogP contribution in [0.5, 0.6) is 0 Å². The number of rotatable bonds is 4. The van der Waals surface area contributed by atoms with E-state index in [1.165, 1.54) is 10.6 Å². The van der Waals surface area contributed by atoms with Crippen molar-refractivity contribution in [2.75, 3.05) is 11.9 Å². The molecule has 2 aromatic rings. The summed E-state index contributed by atoms with van der Waals surface area (Å²) >= 11 is 9.54. The Hall–Kier alpha value is -1.99. The van der Waals surface area contributed by atoms with Crippen molar-refractivity contribution >= 4 is 45.2 Å². The first-order valence-electron chi connectivity index (χ1n) is 6.34. The Morgan fingerprint density at radius 3 is 2.55 bits per heavy atom. The van der Waals surface area contributed by atoms with Gasteiger partial charge in [-0.2, -0.15) is 0 Å². The van der Waals surface area contributed by atoms with Crippen molar-refractivity contribution in [3.05, 3.63) is 45.7 Å². The second kappa shape index (κ2) is 6.85. The molecule has 0 atom stereocenters. The van der Waals surface area contributed by atoms with Gasteiger partial charge in [-0.05, 0) is 31.2 Å². The number of nitrogens with one attached hydrogen (secondary N) is 1. The molecule has 2 amide bonds. The molecule has 0 fully saturated rings. The number of hydrogen-bond acceptors (Lipinski definition) is 3. The van der Waals surface area contributed by atoms with E-state index >= 15 is 0 Å². The van der Waals surface area contributed by atoms with Gasteiger partial charge in [-0.15, -0.1) is 0 Å². The average molecular weight is 387 g/mol. The number of aromatic nitrogens is 1. The van der Waals surface area contributed by atoms with Gasteiger partial charge in [0.2, 0.25) is 0 Å². The zero-order valence-electron chi connectivity index (χ0n) is 11.6. The number of hydrogen-bond donors (Lipinski definition) is 2. The second-order valence-electron chi connectivity index (χ2n) is 4.25. The largest absolute Gasteiger partial charge is 0.461 e. The number of amides is 2. The number of esters is 1. The third-order valence-electron chi connectivity index (χ3n) is 2.77. The van der Waals surface area contributed by atoms with Crippen molar-refractivity contribution in [2.45, 2.75) is 6.92 Å². The van der Waals surface area contributed by atoms with E-state index in [-0.39, 0.29) is 23.1 Å². The number of nitrogens with zero attached hydrogens (tertiary/aromatic N) is 1. The zero-order chi connectivity index (χ0) is 16.3. The monoisotopic (exact) mass is 385 g/mol. The lowest BCUT2D eigenvalue weighted by molar-refractivity contribution is 0.0518. The summed E-state index contributed by atoms with van der Waals surface area (Å²) in [5, 5.41) is 2.62. The Morgan fingerprint density at radius 2 is 2.00 bits per heavy atom. The van der Waals surface area contributed by atoms with Crippen molar-refractivity contribution in [1.82, 2.24) is 4.57 Å². The number of carbonyl (C=O) groups is 2. The van der Waals surface area contributed by atoms with Gasteiger partial charge in [-0.1, -0.05) is 27.5 Å². The summed E-state index contributed by atoms with van der Waals surface area (Å²) in [7, 11) is 0. The molecule has 1 aromatic carbocycles. The van der Waals surface area contributed by atoms with Gasteiger partial charge in [0, 0.05) is 16.2 Å². The maximum atomic E-state index is 12.2. The minimum atomic E-state index is -0.796. The SMILES string of the molecule is CCOC(=O)c1c(NC(N)=O)cc(Cl)n1-c1ccc(Br)cc1. The highest BCUT2D eigenvalue weighted by Crippen LogP contribution is 2.30. The fourth-order valence-electron chi connectivity index (χ4n) is 1.95. The molecule has 0 spiro atoms. The van der Waals surface area contributed by atoms with E-state index in [0.717, 1.165) is 4.47 Å². The molecular formula is C14H13BrClN3O3. The zero-order valence-corrected chi connectivity index (χ0v) is 13.9. The molecule has 0 aliphatic heterocycles. The van der Waals surface area contributed by atoms with Crippen LogP contribution in [0.4, 0.5) is 10.5 Å². The van der Waals surface area contributed by atoms with Gasteiger partial charge in [-0.3, -0.25) is 4.57 Å². The smallest absolute Gasteiger partial charge is 0.357 e. The van der Waals surface area contributed by atoms with Crippen LogP contribution in [0.25, 0.3) is 5.69 Å². The van der Waals surface area contributed by atoms with E-state index < -0.39 is 12.0 Å². The topological polar surface area (TPSA) is 86.3 Å². The van der Waals surface area contributed by atoms with Gasteiger partial charge in [0.25, 0.3) is 0 Å². The summed E-state index contributed by atoms with van der Waals surface area (Å²) in [5.74, 6) is -0.610. The van der Waals surface area contributed by atoms with E-state index in [1.807, 2.05) is 12.1 Å². The third kappa shape index (κ3) is 3.42. The predicted octanol–water partition coefficient (Wildman–Crippen LogP) is 3.56. The standard InChI is InChI=1S/C14H13BrClN3O3/c1-2-22-13(20)12-10(18-14(17)21)7-11(16)19(12)9-5-3-8(15)4-6-9/h3-7H,2H2,1H3,(H3,17,18,21). The molecule has 0 saturated heterocycles. The van der Waals surface area contributed by atoms with Crippen molar-refractivity contribution in [2.24, 2.45) is 5.73 Å². The fraction of sp³-hybridized carbons (Fsp3) is 0.143. The Kier molecular flexibility index (Phi) is 5.10. The first-order chi connectivity index (χ1) is 10.4. The van der Waals surface area contributed by atoms with E-state index in [4.69, 9.17) is 22.1 Å². The summed E-state index contributed by atoms with van der Waals surface area (Å²) in [6.07, 6.45) is 0. The minimum Gasteiger partial charge on any atom is -0.461 e. The maximum Gasteiger partial charge on any atom is 0.357 e. The van der Waals surface area contributed by atoms with Crippen LogP contribution in [0.3, 0.4) is 0 Å². The number of halogens is 2. The molecule has 3 N–H and O–H groups in total. The van der Waals surface area contributed by atoms with Crippen molar-refractivity contribution in [1.29, 1.82) is 0 Å². The van der Waals surface area contributed by atoms with E-state index in [1.54, 1.807) is 19.1 Å². The predicted molar refractivity (Wildman–Crippen MR) is 87.6 cm³/mol. The van der Waals surface area contributed by atoms with Gasteiger partial charge in [0.1, 0.15) is 5.15 Å². The first-order valence-corrected chi connectivity index (χ1v) is 7.52. The van der Waals surface area contributed by atoms with Crippen LogP contribution in [0.1, 0.15) is 17.4 Å². The lowest BCUT2D eigenvalue weighted by atomic mass is 10.3. The van der Waals surface area contributed by atoms with Gasteiger partial charge in [-0.25, -0.2) is 9.59 Å². The Morgan fingerprint density at radius 1 is 1.36 bits per heavy atom. The summed E-state index contributed by atoms with van der Waals surface area (Å²) in [6.45, 7) is 1.88. The molecule has 1 heterocycles. The number of ether oxygens (including phenoxy) is 1. The van der Waals surface area contributed by atoms with Crippen LogP contribution in [-0.2, 0) is 4.74 Å². The molecule has 0 aliphatic carbocycles. The normalized spacial score (nSPS) is 10.3. The number of primary amides is 1. The Bertz CT molecular complexity index is 713. The lowest BCUT2D eigenvalue weighted by Crippen LogP contribution is -2.22. The van der Waals surface area contributed by atoms with Crippen molar-refractivity contribution < 1.29 is 14.3 Å². The van der Waals surface area contributed by atoms with E-state index in [0.29, 0.717) is 5.69 Å². The highest BCUT2D eigenvalue weighted by Gasteiger charge is 2.23. The Labute approximate surface area is 140 Å². The highest BCUT2D eigenvalue weighted by atomic mass is 79.9. The number of benzene rings is 1. The molecule has 2 rings (SSSR count). The quantitative estimate of drug-likeness (QED) is 0.788. The molecule has 1 aromatic heterocycles. The molecule has 0 aliphatic rings. The average Bonchev–Trinajstić information content (AvgIpc) is 2.75. The number of anilines is 1. The summed E-state index contributed by atoms with van der Waals surface area (Å²) in [5.41, 5.74) is 6.07. The molecule has 116 valence electrons. The molecule has 6 nitrogen and oxygen atoms in total. The fourth-order valence-corrected chi connectivity index (χ4v) is 2.51. The summed E-state index contributed by atoms with van der Waals surface area (Å²) < 4.78 is 7.40. The highest BCUT2D eigenvalue weighted by molar-refractivity contribution is 9.10. The molecule has 0 bridgehead atoms. The van der Waals surface area contributed by atoms with Crippen LogP contribution in [0.2, 0.25) is 5.15 Å². The molecule has 8 heteroatoms. The molecule has 0 radical (unpaired) electrons. The van der Waals surface area contributed by atoms with Gasteiger partial charge in [0.15, 0.2) is 5.69 Å². The van der Waals surface area contributed by atoms with Gasteiger partial charge in [0.05, 0.1) is 12.3 Å². The van der Waals surface area contributed by atoms with Crippen LogP contribution in [0, 0.1) is 0 Å². The second-order valence-corrected chi connectivity index (χ2v) is 5.55. The molecule has 0 saturated carbocycles. The van der Waals surface area contributed by atoms with Crippen molar-refractivity contribution in [3.8, 4) is 5.69 Å². The minimum absolute atomic E-state index is 0.105. The molecule has 22 heavy (non-hydrogen) atoms. The Balaban J connectivity index is 2.60. The molecular weight excluding hydrogens is 374 g/mol.